The molecule has 0 atom stereocenters. The summed E-state index contributed by atoms with van der Waals surface area (Å²) in [6.07, 6.45) is 0.605. The fourth-order valence-electron chi connectivity index (χ4n) is 1.58. The number of nitrogens with two attached hydrogens (primary N) is 1. The van der Waals surface area contributed by atoms with Crippen molar-refractivity contribution in [3.05, 3.63) is 29.1 Å². The molecule has 0 aromatic heterocycles. The van der Waals surface area contributed by atoms with E-state index in [1.165, 1.54) is 6.92 Å². The minimum absolute atomic E-state index is 0.0179. The van der Waals surface area contributed by atoms with Crippen LogP contribution in [0.15, 0.2) is 17.0 Å². The van der Waals surface area contributed by atoms with Crippen LogP contribution in [0.4, 0.5) is 4.39 Å². The Bertz CT molecular complexity index is 648. The Hall–Kier alpha value is -1.47. The molecule has 0 radical (unpaired) electrons. The van der Waals surface area contributed by atoms with Crippen LogP contribution in [0.5, 0.6) is 0 Å². The van der Waals surface area contributed by atoms with Gasteiger partial charge < -0.3 is 4.74 Å². The van der Waals surface area contributed by atoms with Gasteiger partial charge in [0.15, 0.2) is 0 Å². The highest BCUT2D eigenvalue weighted by molar-refractivity contribution is 7.89. The van der Waals surface area contributed by atoms with Crippen LogP contribution >= 0.6 is 0 Å². The van der Waals surface area contributed by atoms with Gasteiger partial charge in [-0.3, -0.25) is 0 Å². The normalized spacial score (nSPS) is 12.3. The number of carbonyl (C=O) groups is 1. The first-order chi connectivity index (χ1) is 9.42. The molecule has 0 heterocycles. The van der Waals surface area contributed by atoms with E-state index in [4.69, 9.17) is 9.88 Å². The Balaban J connectivity index is 3.02. The summed E-state index contributed by atoms with van der Waals surface area (Å²) in [6.45, 7) is 7.42. The fourth-order valence-corrected chi connectivity index (χ4v) is 2.20. The van der Waals surface area contributed by atoms with Crippen LogP contribution < -0.4 is 5.14 Å². The Morgan fingerprint density at radius 1 is 1.33 bits per heavy atom. The van der Waals surface area contributed by atoms with Crippen molar-refractivity contribution < 1.29 is 22.3 Å². The van der Waals surface area contributed by atoms with Gasteiger partial charge >= 0.3 is 5.97 Å². The molecule has 1 aromatic rings. The van der Waals surface area contributed by atoms with Crippen LogP contribution in [0.2, 0.25) is 0 Å². The second-order valence-electron chi connectivity index (χ2n) is 6.09. The van der Waals surface area contributed by atoms with Gasteiger partial charge in [-0.25, -0.2) is 22.7 Å². The monoisotopic (exact) mass is 317 g/mol. The number of carbonyl (C=O) groups excluding carboxylic acids is 1. The van der Waals surface area contributed by atoms with Crippen LogP contribution in [-0.2, 0) is 14.8 Å². The van der Waals surface area contributed by atoms with Crippen molar-refractivity contribution >= 4 is 16.0 Å². The molecule has 0 spiro atoms. The molecule has 21 heavy (non-hydrogen) atoms. The molecule has 1 rings (SSSR count). The molecular formula is C14H20FNO4S. The summed E-state index contributed by atoms with van der Waals surface area (Å²) in [6, 6.07) is 1.98. The van der Waals surface area contributed by atoms with Crippen LogP contribution in [0, 0.1) is 18.2 Å². The maximum atomic E-state index is 13.9. The number of rotatable bonds is 4. The summed E-state index contributed by atoms with van der Waals surface area (Å²) in [5, 5.41) is 5.00. The minimum Gasteiger partial charge on any atom is -0.462 e. The second kappa shape index (κ2) is 6.11. The third kappa shape index (κ3) is 5.09. The molecule has 5 nitrogen and oxygen atoms in total. The van der Waals surface area contributed by atoms with Crippen LogP contribution in [0.1, 0.15) is 43.1 Å². The van der Waals surface area contributed by atoms with Crippen molar-refractivity contribution in [2.75, 3.05) is 6.61 Å². The molecule has 0 aliphatic heterocycles. The summed E-state index contributed by atoms with van der Waals surface area (Å²) in [4.78, 5) is 11.6. The van der Waals surface area contributed by atoms with E-state index < -0.39 is 27.4 Å². The highest BCUT2D eigenvalue weighted by Crippen LogP contribution is 2.21. The van der Waals surface area contributed by atoms with Gasteiger partial charge in [-0.1, -0.05) is 20.8 Å². The van der Waals surface area contributed by atoms with Crippen molar-refractivity contribution in [2.45, 2.75) is 39.0 Å². The number of esters is 1. The molecule has 0 bridgehead atoms. The summed E-state index contributed by atoms with van der Waals surface area (Å²) in [5.74, 6) is -1.70. The first kappa shape index (κ1) is 17.6. The number of benzene rings is 1. The number of sulfonamides is 1. The highest BCUT2D eigenvalue weighted by atomic mass is 32.2. The Morgan fingerprint density at radius 3 is 2.38 bits per heavy atom. The molecule has 0 saturated heterocycles. The number of primary sulfonamides is 1. The van der Waals surface area contributed by atoms with E-state index in [2.05, 4.69) is 0 Å². The first-order valence-electron chi connectivity index (χ1n) is 6.42. The van der Waals surface area contributed by atoms with Gasteiger partial charge in [0.2, 0.25) is 10.0 Å². The fraction of sp³-hybridized carbons (Fsp3) is 0.500. The quantitative estimate of drug-likeness (QED) is 0.864. The highest BCUT2D eigenvalue weighted by Gasteiger charge is 2.21. The number of aryl methyl sites for hydroxylation is 1. The molecule has 0 aliphatic rings. The van der Waals surface area contributed by atoms with Gasteiger partial charge in [0.05, 0.1) is 17.1 Å². The van der Waals surface area contributed by atoms with Crippen molar-refractivity contribution in [1.82, 2.24) is 0 Å². The summed E-state index contributed by atoms with van der Waals surface area (Å²) in [7, 11) is -4.02. The molecule has 0 unspecified atom stereocenters. The zero-order chi connectivity index (χ0) is 16.4. The lowest BCUT2D eigenvalue weighted by Crippen LogP contribution is -2.17. The average Bonchev–Trinajstić information content (AvgIpc) is 2.29. The lowest BCUT2D eigenvalue weighted by molar-refractivity contribution is 0.0459. The molecule has 0 fully saturated rings. The summed E-state index contributed by atoms with van der Waals surface area (Å²) < 4.78 is 41.6. The minimum atomic E-state index is -4.02. The summed E-state index contributed by atoms with van der Waals surface area (Å²) >= 11 is 0. The SMILES string of the molecule is Cc1cc(S(N)(=O)=O)cc(C(=O)OCCC(C)(C)C)c1F. The standard InChI is InChI=1S/C14H20FNO4S/c1-9-7-10(21(16,18)19)8-11(12(9)15)13(17)20-6-5-14(2,3)4/h7-8H,5-6H2,1-4H3,(H2,16,18,19). The Labute approximate surface area is 124 Å². The van der Waals surface area contributed by atoms with Gasteiger partial charge in [0, 0.05) is 0 Å². The van der Waals surface area contributed by atoms with Crippen LogP contribution in [0.25, 0.3) is 0 Å². The Morgan fingerprint density at radius 2 is 1.90 bits per heavy atom. The largest absolute Gasteiger partial charge is 0.462 e. The predicted molar refractivity (Wildman–Crippen MR) is 76.9 cm³/mol. The molecule has 2 N–H and O–H groups in total. The summed E-state index contributed by atoms with van der Waals surface area (Å²) in [5.41, 5.74) is -0.436. The van der Waals surface area contributed by atoms with Gasteiger partial charge in [-0.15, -0.1) is 0 Å². The first-order valence-corrected chi connectivity index (χ1v) is 7.96. The third-order valence-corrected chi connectivity index (χ3v) is 3.75. The topological polar surface area (TPSA) is 86.5 Å². The number of halogens is 1. The molecule has 1 aromatic carbocycles. The van der Waals surface area contributed by atoms with Crippen LogP contribution in [0.3, 0.4) is 0 Å². The molecular weight excluding hydrogens is 297 g/mol. The lowest BCUT2D eigenvalue weighted by Gasteiger charge is -2.17. The van der Waals surface area contributed by atoms with E-state index in [0.29, 0.717) is 6.42 Å². The van der Waals surface area contributed by atoms with Crippen molar-refractivity contribution in [1.29, 1.82) is 0 Å². The smallest absolute Gasteiger partial charge is 0.341 e. The zero-order valence-electron chi connectivity index (χ0n) is 12.6. The zero-order valence-corrected chi connectivity index (χ0v) is 13.4. The van der Waals surface area contributed by atoms with E-state index >= 15 is 0 Å². The predicted octanol–water partition coefficient (Wildman–Crippen LogP) is 2.37. The Kier molecular flexibility index (Phi) is 5.11. The van der Waals surface area contributed by atoms with Crippen molar-refractivity contribution in [2.24, 2.45) is 10.6 Å². The maximum Gasteiger partial charge on any atom is 0.341 e. The molecule has 118 valence electrons. The van der Waals surface area contributed by atoms with Crippen molar-refractivity contribution in [3.63, 3.8) is 0 Å². The number of ether oxygens (including phenoxy) is 1. The number of hydrogen-bond acceptors (Lipinski definition) is 4. The molecule has 0 saturated carbocycles. The van der Waals surface area contributed by atoms with Gasteiger partial charge in [-0.05, 0) is 36.5 Å². The van der Waals surface area contributed by atoms with E-state index in [1.807, 2.05) is 20.8 Å². The van der Waals surface area contributed by atoms with Gasteiger partial charge in [-0.2, -0.15) is 0 Å². The maximum absolute atomic E-state index is 13.9. The van der Waals surface area contributed by atoms with Crippen LogP contribution in [-0.4, -0.2) is 21.0 Å². The van der Waals surface area contributed by atoms with Gasteiger partial charge in [0.25, 0.3) is 0 Å². The second-order valence-corrected chi connectivity index (χ2v) is 7.65. The lowest BCUT2D eigenvalue weighted by atomic mass is 9.93. The molecule has 7 heteroatoms. The van der Waals surface area contributed by atoms with E-state index in [0.717, 1.165) is 12.1 Å². The van der Waals surface area contributed by atoms with E-state index in [9.17, 15) is 17.6 Å². The third-order valence-electron chi connectivity index (χ3n) is 2.86. The average molecular weight is 317 g/mol. The molecule has 0 aliphatic carbocycles. The van der Waals surface area contributed by atoms with E-state index in [1.54, 1.807) is 0 Å². The number of hydrogen-bond donors (Lipinski definition) is 1. The van der Waals surface area contributed by atoms with Crippen molar-refractivity contribution in [3.8, 4) is 0 Å². The molecule has 0 amide bonds. The van der Waals surface area contributed by atoms with E-state index in [-0.39, 0.29) is 22.5 Å². The van der Waals surface area contributed by atoms with Gasteiger partial charge in [0.1, 0.15) is 5.82 Å².